The van der Waals surface area contributed by atoms with Crippen molar-refractivity contribution in [3.05, 3.63) is 0 Å². The molecule has 3 atom stereocenters. The van der Waals surface area contributed by atoms with Gasteiger partial charge >= 0.3 is 0 Å². The fourth-order valence-corrected chi connectivity index (χ4v) is 5.47. The van der Waals surface area contributed by atoms with Crippen LogP contribution in [0, 0.1) is 29.6 Å². The minimum absolute atomic E-state index is 0. The van der Waals surface area contributed by atoms with Gasteiger partial charge in [-0.1, -0.05) is 52.9 Å². The van der Waals surface area contributed by atoms with Crippen LogP contribution in [0.4, 0.5) is 8.78 Å². The summed E-state index contributed by atoms with van der Waals surface area (Å²) in [7, 11) is 0. The third-order valence-corrected chi connectivity index (χ3v) is 7.09. The zero-order valence-electron chi connectivity index (χ0n) is 14.8. The standard InChI is InChI=1S/C20H34F2.CH4.H2O.2H2/c1-14-2-4-15(5-3-14)12-16-6-8-17(9-7-16)18-10-11-19(21)20(22)13-18;;;;/h14-20H,2-13H2,1H3;1H4;1H2;2*1H. The van der Waals surface area contributed by atoms with E-state index in [0.717, 1.165) is 24.2 Å². The van der Waals surface area contributed by atoms with Crippen molar-refractivity contribution in [1.29, 1.82) is 0 Å². The Kier molecular flexibility index (Phi) is 9.19. The van der Waals surface area contributed by atoms with Crippen LogP contribution in [0.1, 0.15) is 94.3 Å². The van der Waals surface area contributed by atoms with E-state index in [0.29, 0.717) is 24.7 Å². The average molecular weight is 351 g/mol. The first-order valence-electron chi connectivity index (χ1n) is 9.90. The zero-order chi connectivity index (χ0) is 15.5. The van der Waals surface area contributed by atoms with Crippen molar-refractivity contribution in [2.75, 3.05) is 0 Å². The van der Waals surface area contributed by atoms with E-state index in [-0.39, 0.29) is 15.8 Å². The molecule has 3 rings (SSSR count). The highest BCUT2D eigenvalue weighted by atomic mass is 19.2. The van der Waals surface area contributed by atoms with Crippen LogP contribution in [-0.4, -0.2) is 17.8 Å². The van der Waals surface area contributed by atoms with E-state index in [1.54, 1.807) is 0 Å². The second-order valence-corrected chi connectivity index (χ2v) is 8.75. The molecule has 3 aliphatic rings. The molecule has 24 heavy (non-hydrogen) atoms. The van der Waals surface area contributed by atoms with Gasteiger partial charge in [0, 0.05) is 2.85 Å². The highest BCUT2D eigenvalue weighted by Crippen LogP contribution is 2.43. The van der Waals surface area contributed by atoms with Gasteiger partial charge in [0.1, 0.15) is 12.3 Å². The SMILES string of the molecule is C.CC1CCC(CC2CCC(C3CCC(F)C(F)C3)CC2)CC1.O.[HH].[HH]. The molecule has 0 amide bonds. The van der Waals surface area contributed by atoms with Crippen LogP contribution >= 0.6 is 0 Å². The lowest BCUT2D eigenvalue weighted by Gasteiger charge is -2.38. The molecule has 0 aromatic carbocycles. The summed E-state index contributed by atoms with van der Waals surface area (Å²) in [4.78, 5) is 0. The minimum atomic E-state index is -1.18. The maximum absolute atomic E-state index is 13.6. The first kappa shape index (κ1) is 21.9. The molecule has 3 fully saturated rings. The fourth-order valence-electron chi connectivity index (χ4n) is 5.47. The molecule has 1 nitrogen and oxygen atoms in total. The van der Waals surface area contributed by atoms with E-state index in [1.165, 1.54) is 57.8 Å². The summed E-state index contributed by atoms with van der Waals surface area (Å²) in [6, 6.07) is 0. The van der Waals surface area contributed by atoms with E-state index >= 15 is 0 Å². The summed E-state index contributed by atoms with van der Waals surface area (Å²) in [5.74, 6) is 4.02. The van der Waals surface area contributed by atoms with Crippen LogP contribution in [0.15, 0.2) is 0 Å². The first-order valence-corrected chi connectivity index (χ1v) is 9.90. The number of alkyl halides is 2. The average Bonchev–Trinajstić information content (AvgIpc) is 2.53. The topological polar surface area (TPSA) is 31.5 Å². The molecule has 0 bridgehead atoms. The molecule has 3 heteroatoms. The lowest BCUT2D eigenvalue weighted by molar-refractivity contribution is 0.0527. The number of hydrogen-bond donors (Lipinski definition) is 0. The Morgan fingerprint density at radius 2 is 1.21 bits per heavy atom. The van der Waals surface area contributed by atoms with E-state index in [2.05, 4.69) is 6.92 Å². The molecule has 3 saturated carbocycles. The minimum Gasteiger partial charge on any atom is -0.412 e. The predicted octanol–water partition coefficient (Wildman–Crippen LogP) is 6.79. The van der Waals surface area contributed by atoms with E-state index in [4.69, 9.17) is 0 Å². The van der Waals surface area contributed by atoms with Crippen LogP contribution in [0.2, 0.25) is 0 Å². The molecule has 0 spiro atoms. The van der Waals surface area contributed by atoms with Gasteiger partial charge in [-0.05, 0) is 68.1 Å². The molecular formula is C21H44F2O. The van der Waals surface area contributed by atoms with Gasteiger partial charge in [0.15, 0.2) is 0 Å². The second-order valence-electron chi connectivity index (χ2n) is 8.75. The molecule has 3 aliphatic carbocycles. The Bertz CT molecular complexity index is 343. The lowest BCUT2D eigenvalue weighted by Crippen LogP contribution is -2.33. The Labute approximate surface area is 151 Å². The maximum Gasteiger partial charge on any atom is 0.131 e. The Morgan fingerprint density at radius 1 is 0.708 bits per heavy atom. The third-order valence-electron chi connectivity index (χ3n) is 7.09. The van der Waals surface area contributed by atoms with Crippen LogP contribution in [0.3, 0.4) is 0 Å². The molecule has 0 heterocycles. The summed E-state index contributed by atoms with van der Waals surface area (Å²) < 4.78 is 26.9. The summed E-state index contributed by atoms with van der Waals surface area (Å²) in [5.41, 5.74) is 0. The molecule has 0 aromatic heterocycles. The van der Waals surface area contributed by atoms with Crippen molar-refractivity contribution in [3.63, 3.8) is 0 Å². The molecule has 0 aliphatic heterocycles. The molecule has 3 unspecified atom stereocenters. The third kappa shape index (κ3) is 5.68. The van der Waals surface area contributed by atoms with Crippen molar-refractivity contribution in [2.24, 2.45) is 29.6 Å². The highest BCUT2D eigenvalue weighted by molar-refractivity contribution is 4.86. The number of rotatable bonds is 3. The van der Waals surface area contributed by atoms with Crippen LogP contribution in [0.5, 0.6) is 0 Å². The summed E-state index contributed by atoms with van der Waals surface area (Å²) in [5, 5.41) is 0. The van der Waals surface area contributed by atoms with Gasteiger partial charge in [-0.25, -0.2) is 8.78 Å². The van der Waals surface area contributed by atoms with Gasteiger partial charge in [0.05, 0.1) is 0 Å². The molecule has 0 saturated heterocycles. The van der Waals surface area contributed by atoms with Gasteiger partial charge in [-0.3, -0.25) is 0 Å². The Balaban J connectivity index is 0. The van der Waals surface area contributed by atoms with Crippen molar-refractivity contribution < 1.29 is 17.1 Å². The van der Waals surface area contributed by atoms with Crippen molar-refractivity contribution >= 4 is 0 Å². The smallest absolute Gasteiger partial charge is 0.131 e. The quantitative estimate of drug-likeness (QED) is 0.536. The Morgan fingerprint density at radius 3 is 1.75 bits per heavy atom. The molecule has 0 radical (unpaired) electrons. The van der Waals surface area contributed by atoms with Gasteiger partial charge < -0.3 is 5.48 Å². The summed E-state index contributed by atoms with van der Waals surface area (Å²) in [6.45, 7) is 2.39. The maximum atomic E-state index is 13.6. The van der Waals surface area contributed by atoms with Gasteiger partial charge in [0.2, 0.25) is 0 Å². The van der Waals surface area contributed by atoms with E-state index in [9.17, 15) is 8.78 Å². The summed E-state index contributed by atoms with van der Waals surface area (Å²) in [6.07, 6.45) is 12.0. The monoisotopic (exact) mass is 350 g/mol. The zero-order valence-corrected chi connectivity index (χ0v) is 14.8. The molecule has 148 valence electrons. The van der Waals surface area contributed by atoms with Crippen molar-refractivity contribution in [2.45, 2.75) is 104 Å². The lowest BCUT2D eigenvalue weighted by atomic mass is 9.68. The highest BCUT2D eigenvalue weighted by Gasteiger charge is 2.36. The normalized spacial score (nSPS) is 43.4. The van der Waals surface area contributed by atoms with Crippen LogP contribution in [-0.2, 0) is 0 Å². The predicted molar refractivity (Wildman–Crippen MR) is 103 cm³/mol. The molecule has 0 aromatic rings. The van der Waals surface area contributed by atoms with E-state index < -0.39 is 12.3 Å². The summed E-state index contributed by atoms with van der Waals surface area (Å²) >= 11 is 0. The van der Waals surface area contributed by atoms with Gasteiger partial charge in [-0.2, -0.15) is 0 Å². The van der Waals surface area contributed by atoms with Gasteiger partial charge in [0.25, 0.3) is 0 Å². The second kappa shape index (κ2) is 10.1. The fraction of sp³-hybridized carbons (Fsp3) is 1.00. The number of halogens is 2. The molecular weight excluding hydrogens is 306 g/mol. The van der Waals surface area contributed by atoms with Crippen molar-refractivity contribution in [1.82, 2.24) is 0 Å². The van der Waals surface area contributed by atoms with Crippen molar-refractivity contribution in [3.8, 4) is 0 Å². The van der Waals surface area contributed by atoms with Crippen LogP contribution in [0.25, 0.3) is 0 Å². The largest absolute Gasteiger partial charge is 0.412 e. The Hall–Kier alpha value is -0.180. The first-order chi connectivity index (χ1) is 10.6. The number of hydrogen-bond acceptors (Lipinski definition) is 0. The van der Waals surface area contributed by atoms with Gasteiger partial charge in [-0.15, -0.1) is 0 Å². The van der Waals surface area contributed by atoms with E-state index in [1.807, 2.05) is 0 Å². The molecule has 2 N–H and O–H groups in total. The van der Waals surface area contributed by atoms with Crippen LogP contribution < -0.4 is 0 Å².